The lowest BCUT2D eigenvalue weighted by atomic mass is 10.2. The van der Waals surface area contributed by atoms with Crippen LogP contribution in [-0.2, 0) is 7.05 Å². The van der Waals surface area contributed by atoms with E-state index in [-0.39, 0.29) is 11.4 Å². The fourth-order valence-electron chi connectivity index (χ4n) is 2.52. The summed E-state index contributed by atoms with van der Waals surface area (Å²) in [5, 5.41) is 6.94. The van der Waals surface area contributed by atoms with Gasteiger partial charge in [0.15, 0.2) is 0 Å². The molecule has 0 amide bonds. The molecule has 1 aromatic heterocycles. The number of benzene rings is 1. The van der Waals surface area contributed by atoms with Gasteiger partial charge in [0.05, 0.1) is 0 Å². The Morgan fingerprint density at radius 2 is 1.82 bits per heavy atom. The molecule has 1 N–H and O–H groups in total. The van der Waals surface area contributed by atoms with Crippen molar-refractivity contribution in [2.45, 2.75) is 0 Å². The first-order chi connectivity index (χ1) is 10.6. The molecule has 8 heteroatoms. The van der Waals surface area contributed by atoms with E-state index in [1.165, 1.54) is 7.05 Å². The van der Waals surface area contributed by atoms with Gasteiger partial charge in [-0.15, -0.1) is 5.10 Å². The number of nitrogens with zero attached hydrogens (tertiary/aromatic N) is 4. The first kappa shape index (κ1) is 14.6. The van der Waals surface area contributed by atoms with Crippen molar-refractivity contribution < 1.29 is 0 Å². The number of nitrogens with one attached hydrogen (secondary N) is 1. The second kappa shape index (κ2) is 5.84. The number of H-pyrrole nitrogens is 1. The first-order valence-electron chi connectivity index (χ1n) is 6.97. The Morgan fingerprint density at radius 1 is 1.14 bits per heavy atom. The molecule has 2 heterocycles. The molecule has 7 nitrogen and oxygen atoms in total. The molecular formula is C14H16ClN5O2. The van der Waals surface area contributed by atoms with E-state index in [0.29, 0.717) is 18.1 Å². The van der Waals surface area contributed by atoms with Crippen LogP contribution in [0.4, 0.5) is 11.5 Å². The van der Waals surface area contributed by atoms with Crippen LogP contribution in [0.5, 0.6) is 0 Å². The average Bonchev–Trinajstić information content (AvgIpc) is 2.53. The van der Waals surface area contributed by atoms with Crippen molar-refractivity contribution in [2.75, 3.05) is 36.0 Å². The Kier molecular flexibility index (Phi) is 3.89. The van der Waals surface area contributed by atoms with Crippen molar-refractivity contribution in [2.24, 2.45) is 7.05 Å². The minimum atomic E-state index is -0.508. The number of hydrogen-bond acceptors (Lipinski definition) is 5. The average molecular weight is 322 g/mol. The largest absolute Gasteiger partial charge is 0.368 e. The van der Waals surface area contributed by atoms with Crippen LogP contribution in [0.25, 0.3) is 0 Å². The van der Waals surface area contributed by atoms with Gasteiger partial charge in [0, 0.05) is 43.9 Å². The second-order valence-corrected chi connectivity index (χ2v) is 5.61. The van der Waals surface area contributed by atoms with Crippen molar-refractivity contribution in [1.29, 1.82) is 0 Å². The predicted octanol–water partition coefficient (Wildman–Crippen LogP) is 0.449. The zero-order chi connectivity index (χ0) is 15.7. The molecule has 1 aliphatic heterocycles. The van der Waals surface area contributed by atoms with E-state index < -0.39 is 5.69 Å². The molecule has 0 unspecified atom stereocenters. The molecule has 0 radical (unpaired) electrons. The van der Waals surface area contributed by atoms with Crippen LogP contribution in [0.2, 0.25) is 5.02 Å². The summed E-state index contributed by atoms with van der Waals surface area (Å²) in [6.07, 6.45) is 0. The Bertz CT molecular complexity index is 792. The number of aromatic nitrogens is 3. The number of piperazine rings is 1. The quantitative estimate of drug-likeness (QED) is 0.869. The minimum Gasteiger partial charge on any atom is -0.368 e. The highest BCUT2D eigenvalue weighted by Gasteiger charge is 2.21. The number of anilines is 2. The minimum absolute atomic E-state index is 0.285. The number of aromatic amines is 1. The molecule has 1 aliphatic rings. The molecule has 116 valence electrons. The van der Waals surface area contributed by atoms with Crippen LogP contribution >= 0.6 is 11.6 Å². The fourth-order valence-corrected chi connectivity index (χ4v) is 2.71. The zero-order valence-corrected chi connectivity index (χ0v) is 12.9. The molecule has 1 saturated heterocycles. The molecule has 0 bridgehead atoms. The van der Waals surface area contributed by atoms with Gasteiger partial charge in [-0.25, -0.2) is 9.89 Å². The first-order valence-corrected chi connectivity index (χ1v) is 7.35. The predicted molar refractivity (Wildman–Crippen MR) is 86.0 cm³/mol. The number of rotatable bonds is 2. The van der Waals surface area contributed by atoms with Gasteiger partial charge in [0.1, 0.15) is 0 Å². The topological polar surface area (TPSA) is 74.2 Å². The summed E-state index contributed by atoms with van der Waals surface area (Å²) >= 11 is 6.02. The van der Waals surface area contributed by atoms with Crippen LogP contribution < -0.4 is 21.0 Å². The summed E-state index contributed by atoms with van der Waals surface area (Å²) in [4.78, 5) is 27.5. The van der Waals surface area contributed by atoms with Crippen molar-refractivity contribution in [3.8, 4) is 0 Å². The van der Waals surface area contributed by atoms with Crippen LogP contribution in [0.1, 0.15) is 0 Å². The SMILES string of the molecule is Cn1c(=O)[nH]nc(N2CCN(c3cccc(Cl)c3)CC2)c1=O. The molecule has 2 aromatic rings. The van der Waals surface area contributed by atoms with Crippen molar-refractivity contribution in [3.05, 3.63) is 50.1 Å². The van der Waals surface area contributed by atoms with E-state index in [1.54, 1.807) is 0 Å². The van der Waals surface area contributed by atoms with E-state index in [2.05, 4.69) is 15.1 Å². The summed E-state index contributed by atoms with van der Waals surface area (Å²) in [6.45, 7) is 2.82. The van der Waals surface area contributed by atoms with Crippen molar-refractivity contribution >= 4 is 23.1 Å². The van der Waals surface area contributed by atoms with E-state index >= 15 is 0 Å². The molecule has 0 saturated carbocycles. The Labute approximate surface area is 131 Å². The van der Waals surface area contributed by atoms with Crippen molar-refractivity contribution in [1.82, 2.24) is 14.8 Å². The van der Waals surface area contributed by atoms with E-state index in [1.807, 2.05) is 29.2 Å². The van der Waals surface area contributed by atoms with E-state index in [0.717, 1.165) is 23.3 Å². The maximum absolute atomic E-state index is 12.1. The highest BCUT2D eigenvalue weighted by Crippen LogP contribution is 2.21. The maximum Gasteiger partial charge on any atom is 0.344 e. The fraction of sp³-hybridized carbons (Fsp3) is 0.357. The van der Waals surface area contributed by atoms with Crippen molar-refractivity contribution in [3.63, 3.8) is 0 Å². The zero-order valence-electron chi connectivity index (χ0n) is 12.1. The van der Waals surface area contributed by atoms with Crippen LogP contribution in [0.15, 0.2) is 33.9 Å². The maximum atomic E-state index is 12.1. The summed E-state index contributed by atoms with van der Waals surface area (Å²) in [5.74, 6) is 0.285. The van der Waals surface area contributed by atoms with Gasteiger partial charge in [-0.2, -0.15) is 0 Å². The number of hydrogen-bond donors (Lipinski definition) is 1. The van der Waals surface area contributed by atoms with Gasteiger partial charge >= 0.3 is 5.69 Å². The lowest BCUT2D eigenvalue weighted by Gasteiger charge is -2.36. The number of halogens is 1. The molecule has 0 atom stereocenters. The van der Waals surface area contributed by atoms with Gasteiger partial charge in [0.25, 0.3) is 5.56 Å². The highest BCUT2D eigenvalue weighted by atomic mass is 35.5. The normalized spacial score (nSPS) is 15.2. The van der Waals surface area contributed by atoms with Crippen LogP contribution in [0, 0.1) is 0 Å². The van der Waals surface area contributed by atoms with Crippen LogP contribution in [0.3, 0.4) is 0 Å². The Balaban J connectivity index is 1.76. The molecule has 0 aliphatic carbocycles. The third-order valence-electron chi connectivity index (χ3n) is 3.81. The Hall–Kier alpha value is -2.28. The summed E-state index contributed by atoms with van der Waals surface area (Å²) in [6, 6.07) is 7.70. The van der Waals surface area contributed by atoms with E-state index in [4.69, 9.17) is 11.6 Å². The molecule has 1 fully saturated rings. The van der Waals surface area contributed by atoms with Gasteiger partial charge in [0.2, 0.25) is 5.82 Å². The summed E-state index contributed by atoms with van der Waals surface area (Å²) in [5.41, 5.74) is 0.181. The summed E-state index contributed by atoms with van der Waals surface area (Å²) in [7, 11) is 1.44. The summed E-state index contributed by atoms with van der Waals surface area (Å²) < 4.78 is 1.03. The van der Waals surface area contributed by atoms with Gasteiger partial charge < -0.3 is 9.80 Å². The highest BCUT2D eigenvalue weighted by molar-refractivity contribution is 6.30. The van der Waals surface area contributed by atoms with E-state index in [9.17, 15) is 9.59 Å². The van der Waals surface area contributed by atoms with Gasteiger partial charge in [-0.05, 0) is 18.2 Å². The third-order valence-corrected chi connectivity index (χ3v) is 4.05. The standard InChI is InChI=1S/C14H16ClN5O2/c1-18-13(21)12(16-17-14(18)22)20-7-5-19(6-8-20)11-4-2-3-10(15)9-11/h2-4,9H,5-8H2,1H3,(H,17,22). The third kappa shape index (κ3) is 2.71. The van der Waals surface area contributed by atoms with Gasteiger partial charge in [-0.3, -0.25) is 9.36 Å². The monoisotopic (exact) mass is 321 g/mol. The molecule has 22 heavy (non-hydrogen) atoms. The molecule has 1 aromatic carbocycles. The Morgan fingerprint density at radius 3 is 2.50 bits per heavy atom. The smallest absolute Gasteiger partial charge is 0.344 e. The van der Waals surface area contributed by atoms with Crippen LogP contribution in [-0.4, -0.2) is 40.9 Å². The van der Waals surface area contributed by atoms with Gasteiger partial charge in [-0.1, -0.05) is 17.7 Å². The molecular weight excluding hydrogens is 306 g/mol. The molecule has 0 spiro atoms. The lowest BCUT2D eigenvalue weighted by molar-refractivity contribution is 0.624. The lowest BCUT2D eigenvalue weighted by Crippen LogP contribution is -2.50. The molecule has 3 rings (SSSR count). The second-order valence-electron chi connectivity index (χ2n) is 5.17.